The lowest BCUT2D eigenvalue weighted by Crippen LogP contribution is -2.24. The highest BCUT2D eigenvalue weighted by Gasteiger charge is 2.17. The van der Waals surface area contributed by atoms with E-state index in [0.717, 1.165) is 25.8 Å². The molecule has 0 unspecified atom stereocenters. The summed E-state index contributed by atoms with van der Waals surface area (Å²) in [6.45, 7) is 5.39. The number of rotatable bonds is 6. The number of nitrogens with zero attached hydrogens (tertiary/aromatic N) is 5. The lowest BCUT2D eigenvalue weighted by Gasteiger charge is -2.16. The minimum Gasteiger partial charge on any atom is -0.315 e. The summed E-state index contributed by atoms with van der Waals surface area (Å²) in [5.41, 5.74) is 1.26. The van der Waals surface area contributed by atoms with Crippen LogP contribution in [-0.4, -0.2) is 32.5 Å². The van der Waals surface area contributed by atoms with E-state index in [2.05, 4.69) is 21.9 Å². The van der Waals surface area contributed by atoms with Gasteiger partial charge in [-0.3, -0.25) is 9.69 Å². The number of aromatic nitrogens is 4. The zero-order valence-electron chi connectivity index (χ0n) is 11.0. The van der Waals surface area contributed by atoms with Crippen LogP contribution in [0.4, 0.5) is 5.82 Å². The Hall–Kier alpha value is -1.69. The second kappa shape index (κ2) is 5.97. The number of halogens is 1. The number of aryl methyl sites for hydroxylation is 1. The molecule has 0 N–H and O–H groups in total. The van der Waals surface area contributed by atoms with Gasteiger partial charge in [0.05, 0.1) is 6.33 Å². The van der Waals surface area contributed by atoms with Crippen molar-refractivity contribution in [3.8, 4) is 0 Å². The first-order valence-electron chi connectivity index (χ1n) is 6.31. The Morgan fingerprint density at radius 1 is 1.42 bits per heavy atom. The molecule has 6 nitrogen and oxygen atoms in total. The van der Waals surface area contributed by atoms with Gasteiger partial charge < -0.3 is 4.57 Å². The molecule has 0 saturated carbocycles. The molecule has 19 heavy (non-hydrogen) atoms. The van der Waals surface area contributed by atoms with Gasteiger partial charge in [0.25, 0.3) is 0 Å². The second-order valence-corrected chi connectivity index (χ2v) is 4.51. The normalized spacial score (nSPS) is 10.9. The summed E-state index contributed by atoms with van der Waals surface area (Å²) in [4.78, 5) is 25.4. The first kappa shape index (κ1) is 13.7. The van der Waals surface area contributed by atoms with Crippen molar-refractivity contribution in [2.75, 3.05) is 11.4 Å². The van der Waals surface area contributed by atoms with Crippen molar-refractivity contribution < 1.29 is 4.79 Å². The van der Waals surface area contributed by atoms with E-state index in [1.807, 2.05) is 11.5 Å². The Morgan fingerprint density at radius 2 is 2.21 bits per heavy atom. The van der Waals surface area contributed by atoms with E-state index in [9.17, 15) is 4.79 Å². The smallest absolute Gasteiger partial charge is 0.226 e. The highest BCUT2D eigenvalue weighted by atomic mass is 35.5. The largest absolute Gasteiger partial charge is 0.315 e. The third-order valence-electron chi connectivity index (χ3n) is 2.91. The Labute approximate surface area is 116 Å². The number of imidazole rings is 1. The Morgan fingerprint density at radius 3 is 2.84 bits per heavy atom. The number of hydrogen-bond acceptors (Lipinski definition) is 4. The summed E-state index contributed by atoms with van der Waals surface area (Å²) in [6, 6.07) is 0. The number of carbonyl (C=O) groups excluding carboxylic acids is 1. The topological polar surface area (TPSA) is 63.9 Å². The molecule has 2 aromatic rings. The molecule has 2 aromatic heterocycles. The molecule has 2 rings (SSSR count). The van der Waals surface area contributed by atoms with Gasteiger partial charge in [0.15, 0.2) is 17.0 Å². The van der Waals surface area contributed by atoms with E-state index in [1.54, 1.807) is 6.33 Å². The molecular formula is C12H16ClN5O. The van der Waals surface area contributed by atoms with Crippen molar-refractivity contribution in [3.05, 3.63) is 11.6 Å². The summed E-state index contributed by atoms with van der Waals surface area (Å²) in [6.07, 6.45) is 4.34. The number of carbonyl (C=O) groups is 1. The van der Waals surface area contributed by atoms with Crippen LogP contribution in [0.1, 0.15) is 26.7 Å². The van der Waals surface area contributed by atoms with Crippen molar-refractivity contribution >= 4 is 35.0 Å². The lowest BCUT2D eigenvalue weighted by molar-refractivity contribution is -0.107. The van der Waals surface area contributed by atoms with Crippen LogP contribution in [0, 0.1) is 0 Å². The molecule has 2 heterocycles. The monoisotopic (exact) mass is 281 g/mol. The molecule has 0 aliphatic carbocycles. The van der Waals surface area contributed by atoms with Gasteiger partial charge >= 0.3 is 0 Å². The van der Waals surface area contributed by atoms with Gasteiger partial charge in [-0.25, -0.2) is 4.98 Å². The van der Waals surface area contributed by atoms with Crippen molar-refractivity contribution in [1.29, 1.82) is 0 Å². The molecule has 0 aromatic carbocycles. The number of amides is 1. The van der Waals surface area contributed by atoms with Gasteiger partial charge in [0, 0.05) is 13.1 Å². The minimum absolute atomic E-state index is 0.126. The number of fused-ring (bicyclic) bond motifs is 1. The van der Waals surface area contributed by atoms with Crippen LogP contribution in [0.2, 0.25) is 5.28 Å². The van der Waals surface area contributed by atoms with E-state index in [-0.39, 0.29) is 5.28 Å². The molecule has 0 aliphatic heterocycles. The highest BCUT2D eigenvalue weighted by molar-refractivity contribution is 6.28. The fourth-order valence-corrected chi connectivity index (χ4v) is 2.03. The predicted octanol–water partition coefficient (Wildman–Crippen LogP) is 2.26. The maximum absolute atomic E-state index is 11.2. The van der Waals surface area contributed by atoms with Crippen molar-refractivity contribution in [2.24, 2.45) is 0 Å². The lowest BCUT2D eigenvalue weighted by atomic mass is 10.3. The standard InChI is InChI=1S/C12H16ClN5O/c1-3-5-6-18(8-19)11-9-10(15-12(13)16-11)17(4-2)7-14-9/h7-8H,3-6H2,1-2H3. The molecule has 102 valence electrons. The third-order valence-corrected chi connectivity index (χ3v) is 3.08. The minimum atomic E-state index is 0.126. The molecule has 0 atom stereocenters. The van der Waals surface area contributed by atoms with Crippen LogP contribution in [0.5, 0.6) is 0 Å². The quantitative estimate of drug-likeness (QED) is 0.602. The molecule has 0 spiro atoms. The molecule has 0 aliphatic rings. The molecule has 0 fully saturated rings. The molecule has 0 bridgehead atoms. The molecule has 7 heteroatoms. The summed E-state index contributed by atoms with van der Waals surface area (Å²) in [7, 11) is 0. The average molecular weight is 282 g/mol. The van der Waals surface area contributed by atoms with Gasteiger partial charge in [-0.15, -0.1) is 0 Å². The zero-order valence-corrected chi connectivity index (χ0v) is 11.8. The maximum Gasteiger partial charge on any atom is 0.226 e. The molecule has 0 radical (unpaired) electrons. The molecule has 0 saturated heterocycles. The van der Waals surface area contributed by atoms with Crippen molar-refractivity contribution in [3.63, 3.8) is 0 Å². The number of hydrogen-bond donors (Lipinski definition) is 0. The third kappa shape index (κ3) is 2.68. The van der Waals surface area contributed by atoms with Gasteiger partial charge in [-0.2, -0.15) is 9.97 Å². The Kier molecular flexibility index (Phi) is 4.31. The van der Waals surface area contributed by atoms with Gasteiger partial charge in [-0.05, 0) is 24.9 Å². The highest BCUT2D eigenvalue weighted by Crippen LogP contribution is 2.23. The second-order valence-electron chi connectivity index (χ2n) is 4.17. The predicted molar refractivity (Wildman–Crippen MR) is 74.3 cm³/mol. The van der Waals surface area contributed by atoms with Gasteiger partial charge in [0.1, 0.15) is 0 Å². The van der Waals surface area contributed by atoms with E-state index in [4.69, 9.17) is 11.6 Å². The summed E-state index contributed by atoms with van der Waals surface area (Å²) < 4.78 is 1.87. The SMILES string of the molecule is CCCCN(C=O)c1nc(Cl)nc2c1ncn2CC. The van der Waals surface area contributed by atoms with Crippen molar-refractivity contribution in [2.45, 2.75) is 33.2 Å². The van der Waals surface area contributed by atoms with E-state index in [0.29, 0.717) is 23.5 Å². The number of unbranched alkanes of at least 4 members (excludes halogenated alkanes) is 1. The van der Waals surface area contributed by atoms with Crippen LogP contribution in [0.3, 0.4) is 0 Å². The summed E-state index contributed by atoms with van der Waals surface area (Å²) >= 11 is 5.94. The van der Waals surface area contributed by atoms with Gasteiger partial charge in [0.2, 0.25) is 11.7 Å². The van der Waals surface area contributed by atoms with E-state index < -0.39 is 0 Å². The fraction of sp³-hybridized carbons (Fsp3) is 0.500. The van der Waals surface area contributed by atoms with Gasteiger partial charge in [-0.1, -0.05) is 13.3 Å². The van der Waals surface area contributed by atoms with Crippen LogP contribution in [-0.2, 0) is 11.3 Å². The molecule has 1 amide bonds. The van der Waals surface area contributed by atoms with E-state index in [1.165, 1.54) is 4.90 Å². The maximum atomic E-state index is 11.2. The summed E-state index contributed by atoms with van der Waals surface area (Å²) in [5, 5.41) is 0.126. The first-order valence-corrected chi connectivity index (χ1v) is 6.69. The van der Waals surface area contributed by atoms with Crippen LogP contribution < -0.4 is 4.90 Å². The zero-order chi connectivity index (χ0) is 13.8. The average Bonchev–Trinajstić information content (AvgIpc) is 2.82. The van der Waals surface area contributed by atoms with E-state index >= 15 is 0 Å². The van der Waals surface area contributed by atoms with Crippen LogP contribution >= 0.6 is 11.6 Å². The fourth-order valence-electron chi connectivity index (χ4n) is 1.87. The Balaban J connectivity index is 2.51. The molecular weight excluding hydrogens is 266 g/mol. The number of anilines is 1. The van der Waals surface area contributed by atoms with Crippen LogP contribution in [0.15, 0.2) is 6.33 Å². The van der Waals surface area contributed by atoms with Crippen LogP contribution in [0.25, 0.3) is 11.2 Å². The van der Waals surface area contributed by atoms with Crippen molar-refractivity contribution in [1.82, 2.24) is 19.5 Å². The Bertz CT molecular complexity index is 583. The first-order chi connectivity index (χ1) is 9.21. The summed E-state index contributed by atoms with van der Waals surface area (Å²) in [5.74, 6) is 0.477.